The van der Waals surface area contributed by atoms with Crippen LogP contribution in [0, 0.1) is 6.92 Å². The summed E-state index contributed by atoms with van der Waals surface area (Å²) in [6.45, 7) is 1.89. The average molecular weight is 315 g/mol. The number of aromatic nitrogens is 2. The molecule has 0 radical (unpaired) electrons. The Morgan fingerprint density at radius 3 is 2.78 bits per heavy atom. The fourth-order valence-electron chi connectivity index (χ4n) is 2.88. The molecular weight excluding hydrogens is 298 g/mol. The number of nitrogens with one attached hydrogen (secondary N) is 1. The van der Waals surface area contributed by atoms with E-state index in [1.165, 1.54) is 10.6 Å². The van der Waals surface area contributed by atoms with E-state index in [-0.39, 0.29) is 12.0 Å². The normalized spacial score (nSPS) is 15.9. The van der Waals surface area contributed by atoms with Crippen LogP contribution >= 0.6 is 0 Å². The molecule has 7 heteroatoms. The molecule has 3 rings (SSSR count). The summed E-state index contributed by atoms with van der Waals surface area (Å²) in [6.07, 6.45) is 4.76. The molecule has 0 bridgehead atoms. The van der Waals surface area contributed by atoms with Gasteiger partial charge in [-0.05, 0) is 43.9 Å². The van der Waals surface area contributed by atoms with Crippen LogP contribution in [0.25, 0.3) is 5.65 Å². The number of hydrogen-bond acceptors (Lipinski definition) is 4. The summed E-state index contributed by atoms with van der Waals surface area (Å²) in [5.74, 6) is -1.53. The second kappa shape index (κ2) is 5.49. The number of fused-ring (bicyclic) bond motifs is 1. The van der Waals surface area contributed by atoms with E-state index in [1.54, 1.807) is 18.3 Å². The maximum atomic E-state index is 12.4. The highest BCUT2D eigenvalue weighted by molar-refractivity contribution is 5.94. The first-order chi connectivity index (χ1) is 10.9. The number of hydrogen-bond donors (Lipinski definition) is 2. The zero-order chi connectivity index (χ0) is 16.6. The molecule has 0 unspecified atom stereocenters. The van der Waals surface area contributed by atoms with Gasteiger partial charge in [0.1, 0.15) is 11.2 Å². The Balaban J connectivity index is 1.92. The van der Waals surface area contributed by atoms with Crippen LogP contribution in [0.5, 0.6) is 0 Å². The number of aryl methyl sites for hydroxylation is 1. The predicted octanol–water partition coefficient (Wildman–Crippen LogP) is 1.13. The lowest BCUT2D eigenvalue weighted by molar-refractivity contribution is -0.139. The van der Waals surface area contributed by atoms with Crippen LogP contribution in [-0.4, -0.2) is 31.9 Å². The summed E-state index contributed by atoms with van der Waals surface area (Å²) in [7, 11) is 0. The third-order valence-electron chi connectivity index (χ3n) is 4.29. The monoisotopic (exact) mass is 315 g/mol. The number of pyridine rings is 1. The minimum Gasteiger partial charge on any atom is -0.481 e. The number of carbonyl (C=O) groups excluding carboxylic acids is 1. The molecule has 1 saturated carbocycles. The van der Waals surface area contributed by atoms with Crippen LogP contribution in [0.4, 0.5) is 0 Å². The Morgan fingerprint density at radius 2 is 2.17 bits per heavy atom. The van der Waals surface area contributed by atoms with Gasteiger partial charge in [0.25, 0.3) is 11.5 Å². The summed E-state index contributed by atoms with van der Waals surface area (Å²) in [6, 6.07) is 3.51. The van der Waals surface area contributed by atoms with Crippen molar-refractivity contribution in [3.05, 3.63) is 46.0 Å². The van der Waals surface area contributed by atoms with E-state index in [9.17, 15) is 14.4 Å². The maximum absolute atomic E-state index is 12.4. The number of amides is 1. The van der Waals surface area contributed by atoms with E-state index < -0.39 is 23.0 Å². The molecule has 2 aromatic heterocycles. The van der Waals surface area contributed by atoms with E-state index >= 15 is 0 Å². The molecule has 1 aliphatic carbocycles. The molecule has 23 heavy (non-hydrogen) atoms. The van der Waals surface area contributed by atoms with Crippen LogP contribution in [0.3, 0.4) is 0 Å². The first-order valence-electron chi connectivity index (χ1n) is 7.43. The van der Waals surface area contributed by atoms with E-state index in [0.717, 1.165) is 12.0 Å². The Hall–Kier alpha value is -2.70. The fourth-order valence-corrected chi connectivity index (χ4v) is 2.88. The third-order valence-corrected chi connectivity index (χ3v) is 4.29. The second-order valence-electron chi connectivity index (χ2n) is 6.07. The Kier molecular flexibility index (Phi) is 3.63. The SMILES string of the molecule is Cc1ccn2c(=O)c(C(=O)NC3(CC(=O)O)CCC3)cnc2c1. The largest absolute Gasteiger partial charge is 0.481 e. The van der Waals surface area contributed by atoms with Gasteiger partial charge in [-0.25, -0.2) is 4.98 Å². The number of carboxylic acid groups (broad SMARTS) is 1. The van der Waals surface area contributed by atoms with Gasteiger partial charge in [0.15, 0.2) is 0 Å². The molecule has 120 valence electrons. The minimum atomic E-state index is -0.964. The highest BCUT2D eigenvalue weighted by Gasteiger charge is 2.40. The number of aliphatic carboxylic acids is 1. The second-order valence-corrected chi connectivity index (χ2v) is 6.07. The van der Waals surface area contributed by atoms with Gasteiger partial charge in [0, 0.05) is 12.4 Å². The van der Waals surface area contributed by atoms with Gasteiger partial charge in [0.05, 0.1) is 12.0 Å². The molecule has 2 N–H and O–H groups in total. The highest BCUT2D eigenvalue weighted by atomic mass is 16.4. The van der Waals surface area contributed by atoms with Crippen molar-refractivity contribution in [2.24, 2.45) is 0 Å². The summed E-state index contributed by atoms with van der Waals surface area (Å²) in [4.78, 5) is 40.0. The lowest BCUT2D eigenvalue weighted by Gasteiger charge is -2.41. The van der Waals surface area contributed by atoms with Crippen molar-refractivity contribution in [2.75, 3.05) is 0 Å². The van der Waals surface area contributed by atoms with Crippen LogP contribution < -0.4 is 10.9 Å². The van der Waals surface area contributed by atoms with Crippen molar-refractivity contribution in [3.8, 4) is 0 Å². The average Bonchev–Trinajstić information content (AvgIpc) is 2.44. The fraction of sp³-hybridized carbons (Fsp3) is 0.375. The van der Waals surface area contributed by atoms with Gasteiger partial charge in [-0.3, -0.25) is 18.8 Å². The van der Waals surface area contributed by atoms with Gasteiger partial charge in [0.2, 0.25) is 0 Å². The van der Waals surface area contributed by atoms with Crippen molar-refractivity contribution in [1.29, 1.82) is 0 Å². The van der Waals surface area contributed by atoms with Crippen LogP contribution in [-0.2, 0) is 4.79 Å². The predicted molar refractivity (Wildman–Crippen MR) is 82.5 cm³/mol. The van der Waals surface area contributed by atoms with Crippen molar-refractivity contribution in [1.82, 2.24) is 14.7 Å². The van der Waals surface area contributed by atoms with Crippen molar-refractivity contribution < 1.29 is 14.7 Å². The van der Waals surface area contributed by atoms with E-state index in [1.807, 2.05) is 6.92 Å². The van der Waals surface area contributed by atoms with Crippen LogP contribution in [0.1, 0.15) is 41.6 Å². The van der Waals surface area contributed by atoms with Gasteiger partial charge < -0.3 is 10.4 Å². The van der Waals surface area contributed by atoms with Crippen molar-refractivity contribution in [3.63, 3.8) is 0 Å². The topological polar surface area (TPSA) is 101 Å². The van der Waals surface area contributed by atoms with Crippen molar-refractivity contribution >= 4 is 17.5 Å². The molecule has 2 heterocycles. The molecule has 0 atom stereocenters. The first-order valence-corrected chi connectivity index (χ1v) is 7.43. The number of nitrogens with zero attached hydrogens (tertiary/aromatic N) is 2. The number of carboxylic acids is 1. The van der Waals surface area contributed by atoms with Crippen LogP contribution in [0.2, 0.25) is 0 Å². The van der Waals surface area contributed by atoms with E-state index in [4.69, 9.17) is 5.11 Å². The maximum Gasteiger partial charge on any atom is 0.305 e. The number of carbonyl (C=O) groups is 2. The summed E-state index contributed by atoms with van der Waals surface area (Å²) in [5, 5.41) is 11.7. The van der Waals surface area contributed by atoms with Crippen LogP contribution in [0.15, 0.2) is 29.3 Å². The van der Waals surface area contributed by atoms with Crippen molar-refractivity contribution in [2.45, 2.75) is 38.1 Å². The lowest BCUT2D eigenvalue weighted by atomic mass is 9.74. The molecule has 1 amide bonds. The molecule has 2 aromatic rings. The Bertz CT molecular complexity index is 852. The third kappa shape index (κ3) is 2.81. The molecule has 1 aliphatic rings. The quantitative estimate of drug-likeness (QED) is 0.881. The first kappa shape index (κ1) is 15.2. The van der Waals surface area contributed by atoms with Gasteiger partial charge in [-0.15, -0.1) is 0 Å². The molecular formula is C16H17N3O4. The van der Waals surface area contributed by atoms with Gasteiger partial charge in [-0.1, -0.05) is 0 Å². The smallest absolute Gasteiger partial charge is 0.305 e. The molecule has 0 aliphatic heterocycles. The Morgan fingerprint density at radius 1 is 1.43 bits per heavy atom. The standard InChI is InChI=1S/C16H17N3O4/c1-10-3-6-19-12(7-10)17-9-11(15(19)23)14(22)18-16(4-2-5-16)8-13(20)21/h3,6-7,9H,2,4-5,8H2,1H3,(H,18,22)(H,20,21). The molecule has 0 spiro atoms. The van der Waals surface area contributed by atoms with Gasteiger partial charge in [-0.2, -0.15) is 0 Å². The van der Waals surface area contributed by atoms with Gasteiger partial charge >= 0.3 is 5.97 Å². The highest BCUT2D eigenvalue weighted by Crippen LogP contribution is 2.35. The molecule has 0 saturated heterocycles. The summed E-state index contributed by atoms with van der Waals surface area (Å²) < 4.78 is 1.31. The summed E-state index contributed by atoms with van der Waals surface area (Å²) in [5.41, 5.74) is 0.141. The zero-order valence-corrected chi connectivity index (χ0v) is 12.7. The molecule has 0 aromatic carbocycles. The summed E-state index contributed by atoms with van der Waals surface area (Å²) >= 11 is 0. The molecule has 1 fully saturated rings. The number of rotatable bonds is 4. The molecule has 7 nitrogen and oxygen atoms in total. The lowest BCUT2D eigenvalue weighted by Crippen LogP contribution is -2.55. The minimum absolute atomic E-state index is 0.0805. The van der Waals surface area contributed by atoms with E-state index in [2.05, 4.69) is 10.3 Å². The van der Waals surface area contributed by atoms with E-state index in [0.29, 0.717) is 18.5 Å². The zero-order valence-electron chi connectivity index (χ0n) is 12.7. The Labute approximate surface area is 132 Å².